The summed E-state index contributed by atoms with van der Waals surface area (Å²) in [5.41, 5.74) is 2.10. The second-order valence-corrected chi connectivity index (χ2v) is 10.6. The Balaban J connectivity index is 1.25. The first-order chi connectivity index (χ1) is 20.7. The third-order valence-corrected chi connectivity index (χ3v) is 7.94. The summed E-state index contributed by atoms with van der Waals surface area (Å²) < 4.78 is 5.34. The lowest BCUT2D eigenvalue weighted by Gasteiger charge is -2.22. The van der Waals surface area contributed by atoms with E-state index in [2.05, 4.69) is 4.98 Å². The summed E-state index contributed by atoms with van der Waals surface area (Å²) in [5, 5.41) is 11.6. The number of ketones is 1. The van der Waals surface area contributed by atoms with Gasteiger partial charge in [0.25, 0.3) is 5.69 Å². The molecule has 4 aromatic rings. The number of nitro benzene ring substituents is 1. The molecule has 0 radical (unpaired) electrons. The number of carbonyl (C=O) groups excluding carboxylic acids is 4. The Labute approximate surface area is 245 Å². The number of carbonyl (C=O) groups is 4. The van der Waals surface area contributed by atoms with E-state index in [4.69, 9.17) is 4.74 Å². The molecule has 3 unspecified atom stereocenters. The molecule has 3 atom stereocenters. The Bertz CT molecular complexity index is 1850. The van der Waals surface area contributed by atoms with Crippen LogP contribution in [0, 0.1) is 27.9 Å². The topological polar surface area (TPSA) is 137 Å². The van der Waals surface area contributed by atoms with Crippen molar-refractivity contribution >= 4 is 45.8 Å². The van der Waals surface area contributed by atoms with Crippen LogP contribution in [0.5, 0.6) is 0 Å². The Morgan fingerprint density at radius 3 is 2.51 bits per heavy atom. The minimum Gasteiger partial charge on any atom is -0.454 e. The molecule has 10 nitrogen and oxygen atoms in total. The van der Waals surface area contributed by atoms with Crippen LogP contribution in [-0.2, 0) is 14.3 Å². The summed E-state index contributed by atoms with van der Waals surface area (Å²) in [6.45, 7) is 1.34. The molecule has 0 bridgehead atoms. The second-order valence-electron chi connectivity index (χ2n) is 10.6. The normalized spacial score (nSPS) is 19.4. The molecule has 2 heterocycles. The lowest BCUT2D eigenvalue weighted by molar-refractivity contribution is -0.384. The number of esters is 1. The van der Waals surface area contributed by atoms with Crippen molar-refractivity contribution in [2.75, 3.05) is 11.5 Å². The molecule has 1 aliphatic heterocycles. The van der Waals surface area contributed by atoms with Gasteiger partial charge in [0.1, 0.15) is 0 Å². The van der Waals surface area contributed by atoms with Gasteiger partial charge in [-0.05, 0) is 36.6 Å². The van der Waals surface area contributed by atoms with Crippen molar-refractivity contribution < 1.29 is 28.8 Å². The average Bonchev–Trinajstić information content (AvgIpc) is 3.29. The van der Waals surface area contributed by atoms with E-state index in [1.807, 2.05) is 19.1 Å². The molecule has 214 valence electrons. The number of non-ortho nitro benzene ring substituents is 1. The molecule has 2 amide bonds. The number of ether oxygens (including phenoxy) is 1. The quantitative estimate of drug-likeness (QED) is 0.0698. The smallest absolute Gasteiger partial charge is 0.339 e. The van der Waals surface area contributed by atoms with Gasteiger partial charge in [-0.15, -0.1) is 0 Å². The van der Waals surface area contributed by atoms with Gasteiger partial charge in [0.05, 0.1) is 39.2 Å². The largest absolute Gasteiger partial charge is 0.454 e. The molecule has 1 fully saturated rings. The van der Waals surface area contributed by atoms with Crippen molar-refractivity contribution in [3.63, 3.8) is 0 Å². The molecule has 1 saturated heterocycles. The summed E-state index contributed by atoms with van der Waals surface area (Å²) in [7, 11) is 0. The van der Waals surface area contributed by atoms with E-state index in [0.717, 1.165) is 6.07 Å². The van der Waals surface area contributed by atoms with Gasteiger partial charge >= 0.3 is 5.97 Å². The number of nitro groups is 1. The third-order valence-electron chi connectivity index (χ3n) is 7.94. The van der Waals surface area contributed by atoms with E-state index < -0.39 is 23.3 Å². The maximum atomic E-state index is 13.2. The Morgan fingerprint density at radius 1 is 1.00 bits per heavy atom. The molecule has 6 rings (SSSR count). The van der Waals surface area contributed by atoms with Gasteiger partial charge in [-0.2, -0.15) is 0 Å². The highest BCUT2D eigenvalue weighted by Gasteiger charge is 2.50. The lowest BCUT2D eigenvalue weighted by Crippen LogP contribution is -2.31. The van der Waals surface area contributed by atoms with Crippen LogP contribution in [0.4, 0.5) is 11.4 Å². The Morgan fingerprint density at radius 2 is 1.77 bits per heavy atom. The molecular weight excluding hydrogens is 550 g/mol. The van der Waals surface area contributed by atoms with E-state index >= 15 is 0 Å². The molecule has 10 heteroatoms. The SMILES string of the molecule is CC1C=CCC2C(=O)N(c3ccc(-c4cc(C(=O)OCC(=O)c5cccc([N+](=O)[O-])c5)c5ccccc5n4)cc3)C(=O)C12. The standard InChI is InChI=1S/C33H25N3O7/c1-19-6-4-10-25-30(19)32(39)35(31(25)38)22-14-12-20(13-15-22)28-17-26(24-9-2-3-11-27(24)34-28)33(40)43-18-29(37)21-7-5-8-23(16-21)36(41)42/h2-9,11-17,19,25,30H,10,18H2,1H3. The van der Waals surface area contributed by atoms with Gasteiger partial charge in [-0.25, -0.2) is 9.78 Å². The van der Waals surface area contributed by atoms with Crippen molar-refractivity contribution in [3.05, 3.63) is 112 Å². The molecule has 0 N–H and O–H groups in total. The van der Waals surface area contributed by atoms with Crippen LogP contribution in [0.1, 0.15) is 34.1 Å². The van der Waals surface area contributed by atoms with Gasteiger partial charge in [0.15, 0.2) is 6.61 Å². The van der Waals surface area contributed by atoms with Crippen LogP contribution >= 0.6 is 0 Å². The zero-order valence-electron chi connectivity index (χ0n) is 23.0. The summed E-state index contributed by atoms with van der Waals surface area (Å²) in [6, 6.07) is 20.6. The predicted octanol–water partition coefficient (Wildman–Crippen LogP) is 5.55. The fraction of sp³-hybridized carbons (Fsp3) is 0.182. The summed E-state index contributed by atoms with van der Waals surface area (Å²) in [6.07, 6.45) is 4.49. The van der Waals surface area contributed by atoms with E-state index in [-0.39, 0.29) is 46.4 Å². The minimum absolute atomic E-state index is 0.0130. The zero-order valence-corrected chi connectivity index (χ0v) is 23.0. The fourth-order valence-electron chi connectivity index (χ4n) is 5.76. The highest BCUT2D eigenvalue weighted by molar-refractivity contribution is 6.22. The predicted molar refractivity (Wildman–Crippen MR) is 157 cm³/mol. The van der Waals surface area contributed by atoms with Crippen molar-refractivity contribution in [1.29, 1.82) is 0 Å². The number of pyridine rings is 1. The number of hydrogen-bond donors (Lipinski definition) is 0. The maximum absolute atomic E-state index is 13.2. The van der Waals surface area contributed by atoms with Gasteiger partial charge in [0.2, 0.25) is 17.6 Å². The zero-order chi connectivity index (χ0) is 30.2. The van der Waals surface area contributed by atoms with Gasteiger partial charge in [-0.3, -0.25) is 29.4 Å². The molecule has 3 aromatic carbocycles. The van der Waals surface area contributed by atoms with Crippen molar-refractivity contribution in [2.45, 2.75) is 13.3 Å². The first-order valence-electron chi connectivity index (χ1n) is 13.7. The number of allylic oxidation sites excluding steroid dienone is 2. The van der Waals surface area contributed by atoms with Gasteiger partial charge in [0, 0.05) is 28.6 Å². The number of fused-ring (bicyclic) bond motifs is 2. The van der Waals surface area contributed by atoms with E-state index in [9.17, 15) is 29.3 Å². The van der Waals surface area contributed by atoms with Gasteiger partial charge in [-0.1, -0.05) is 61.5 Å². The summed E-state index contributed by atoms with van der Waals surface area (Å²) in [5.74, 6) is -2.47. The van der Waals surface area contributed by atoms with Crippen molar-refractivity contribution in [3.8, 4) is 11.3 Å². The Kier molecular flexibility index (Phi) is 7.11. The molecule has 1 aromatic heterocycles. The molecular formula is C33H25N3O7. The highest BCUT2D eigenvalue weighted by Crippen LogP contribution is 2.40. The number of para-hydroxylation sites is 1. The number of amides is 2. The summed E-state index contributed by atoms with van der Waals surface area (Å²) in [4.78, 5) is 68.5. The summed E-state index contributed by atoms with van der Waals surface area (Å²) >= 11 is 0. The van der Waals surface area contributed by atoms with Crippen LogP contribution in [0.15, 0.2) is 91.0 Å². The first-order valence-corrected chi connectivity index (χ1v) is 13.7. The first kappa shape index (κ1) is 27.6. The van der Waals surface area contributed by atoms with E-state index in [1.165, 1.54) is 23.1 Å². The van der Waals surface area contributed by atoms with E-state index in [1.54, 1.807) is 54.6 Å². The number of hydrogen-bond acceptors (Lipinski definition) is 8. The molecule has 0 spiro atoms. The molecule has 43 heavy (non-hydrogen) atoms. The number of benzene rings is 3. The molecule has 2 aliphatic rings. The minimum atomic E-state index is -0.756. The maximum Gasteiger partial charge on any atom is 0.339 e. The number of nitrogens with zero attached hydrogens (tertiary/aromatic N) is 3. The van der Waals surface area contributed by atoms with Crippen LogP contribution < -0.4 is 4.90 Å². The lowest BCUT2D eigenvalue weighted by atomic mass is 9.78. The van der Waals surface area contributed by atoms with Crippen LogP contribution in [0.2, 0.25) is 0 Å². The Hall–Kier alpha value is -5.51. The number of anilines is 1. The fourth-order valence-corrected chi connectivity index (χ4v) is 5.76. The monoisotopic (exact) mass is 575 g/mol. The van der Waals surface area contributed by atoms with Crippen LogP contribution in [0.3, 0.4) is 0 Å². The third kappa shape index (κ3) is 5.07. The average molecular weight is 576 g/mol. The van der Waals surface area contributed by atoms with Crippen molar-refractivity contribution in [1.82, 2.24) is 4.98 Å². The second kappa shape index (κ2) is 11.1. The highest BCUT2D eigenvalue weighted by atomic mass is 16.6. The van der Waals surface area contributed by atoms with Gasteiger partial charge < -0.3 is 4.74 Å². The molecule has 0 saturated carbocycles. The number of imide groups is 1. The number of rotatable bonds is 7. The van der Waals surface area contributed by atoms with Crippen LogP contribution in [0.25, 0.3) is 22.2 Å². The number of Topliss-reactive ketones (excluding diaryl/α,β-unsaturated/α-hetero) is 1. The van der Waals surface area contributed by atoms with Crippen molar-refractivity contribution in [2.24, 2.45) is 17.8 Å². The molecule has 1 aliphatic carbocycles. The van der Waals surface area contributed by atoms with Crippen LogP contribution in [-0.4, -0.2) is 40.1 Å². The van der Waals surface area contributed by atoms with E-state index in [0.29, 0.717) is 34.3 Å². The number of aromatic nitrogens is 1.